The van der Waals surface area contributed by atoms with E-state index >= 15 is 0 Å². The van der Waals surface area contributed by atoms with Gasteiger partial charge in [0.05, 0.1) is 22.7 Å². The third-order valence-corrected chi connectivity index (χ3v) is 3.06. The van der Waals surface area contributed by atoms with E-state index in [-0.39, 0.29) is 17.9 Å². The molecule has 1 aromatic heterocycles. The Bertz CT molecular complexity index is 631. The second-order valence-electron chi connectivity index (χ2n) is 3.87. The maximum Gasteiger partial charge on any atom is 0.355 e. The summed E-state index contributed by atoms with van der Waals surface area (Å²) in [7, 11) is 0. The molecule has 4 nitrogen and oxygen atoms in total. The van der Waals surface area contributed by atoms with Gasteiger partial charge in [-0.2, -0.15) is 0 Å². The lowest BCUT2D eigenvalue weighted by molar-refractivity contribution is 0.0518. The second kappa shape index (κ2) is 4.82. The Morgan fingerprint density at radius 2 is 2.22 bits per heavy atom. The van der Waals surface area contributed by atoms with Crippen molar-refractivity contribution in [2.45, 2.75) is 13.8 Å². The number of halogens is 1. The molecule has 0 unspecified atom stereocenters. The molecule has 1 heterocycles. The van der Waals surface area contributed by atoms with Crippen LogP contribution in [0.1, 0.15) is 33.3 Å². The third-order valence-electron chi connectivity index (χ3n) is 2.75. The number of ether oxygens (including phenoxy) is 1. The first-order valence-electron chi connectivity index (χ1n) is 5.53. The Labute approximate surface area is 109 Å². The third kappa shape index (κ3) is 1.88. The van der Waals surface area contributed by atoms with Gasteiger partial charge in [-0.05, 0) is 25.5 Å². The molecule has 2 aromatic rings. The van der Waals surface area contributed by atoms with Gasteiger partial charge in [0.15, 0.2) is 6.29 Å². The lowest BCUT2D eigenvalue weighted by Crippen LogP contribution is -2.07. The lowest BCUT2D eigenvalue weighted by atomic mass is 10.1. The summed E-state index contributed by atoms with van der Waals surface area (Å²) >= 11 is 6.08. The van der Waals surface area contributed by atoms with Crippen LogP contribution < -0.4 is 0 Å². The van der Waals surface area contributed by atoms with Crippen LogP contribution in [0.3, 0.4) is 0 Å². The van der Waals surface area contributed by atoms with E-state index < -0.39 is 5.97 Å². The van der Waals surface area contributed by atoms with E-state index in [1.165, 1.54) is 0 Å². The fraction of sp³-hybridized carbons (Fsp3) is 0.231. The van der Waals surface area contributed by atoms with Crippen molar-refractivity contribution in [1.29, 1.82) is 0 Å². The van der Waals surface area contributed by atoms with E-state index in [0.29, 0.717) is 22.2 Å². The molecular formula is C13H12ClNO3. The molecule has 0 bridgehead atoms. The zero-order chi connectivity index (χ0) is 13.3. The van der Waals surface area contributed by atoms with Gasteiger partial charge in [-0.1, -0.05) is 17.7 Å². The van der Waals surface area contributed by atoms with E-state index in [0.717, 1.165) is 5.56 Å². The predicted octanol–water partition coefficient (Wildman–Crippen LogP) is 3.12. The molecule has 0 aliphatic carbocycles. The number of carbonyl (C=O) groups excluding carboxylic acids is 2. The minimum absolute atomic E-state index is 0.151. The van der Waals surface area contributed by atoms with Crippen LogP contribution in [0.5, 0.6) is 0 Å². The van der Waals surface area contributed by atoms with Crippen molar-refractivity contribution in [2.75, 3.05) is 6.61 Å². The largest absolute Gasteiger partial charge is 0.461 e. The Hall–Kier alpha value is -1.81. The number of hydrogen-bond acceptors (Lipinski definition) is 3. The van der Waals surface area contributed by atoms with Crippen molar-refractivity contribution in [3.05, 3.63) is 34.0 Å². The predicted molar refractivity (Wildman–Crippen MR) is 69.4 cm³/mol. The number of aldehydes is 1. The number of aromatic amines is 1. The number of esters is 1. The molecule has 0 aliphatic heterocycles. The monoisotopic (exact) mass is 265 g/mol. The van der Waals surface area contributed by atoms with E-state index in [9.17, 15) is 9.59 Å². The molecule has 2 rings (SSSR count). The number of fused-ring (bicyclic) bond motifs is 1. The van der Waals surface area contributed by atoms with Gasteiger partial charge in [0, 0.05) is 5.39 Å². The van der Waals surface area contributed by atoms with Crippen molar-refractivity contribution >= 4 is 34.8 Å². The maximum atomic E-state index is 11.8. The van der Waals surface area contributed by atoms with Crippen LogP contribution in [-0.2, 0) is 4.74 Å². The average molecular weight is 266 g/mol. The molecule has 1 N–H and O–H groups in total. The lowest BCUT2D eigenvalue weighted by Gasteiger charge is -1.99. The number of aryl methyl sites for hydroxylation is 1. The van der Waals surface area contributed by atoms with E-state index in [4.69, 9.17) is 16.3 Å². The van der Waals surface area contributed by atoms with Crippen LogP contribution >= 0.6 is 11.6 Å². The molecule has 0 amide bonds. The Kier molecular flexibility index (Phi) is 3.39. The SMILES string of the molecule is CCOC(=O)c1[nH]c2c(C)ccc(Cl)c2c1C=O. The molecule has 0 aliphatic rings. The number of hydrogen-bond donors (Lipinski definition) is 1. The zero-order valence-corrected chi connectivity index (χ0v) is 10.8. The summed E-state index contributed by atoms with van der Waals surface area (Å²) in [4.78, 5) is 25.9. The number of rotatable bonds is 3. The highest BCUT2D eigenvalue weighted by Crippen LogP contribution is 2.30. The summed E-state index contributed by atoms with van der Waals surface area (Å²) in [5.41, 5.74) is 2.00. The summed E-state index contributed by atoms with van der Waals surface area (Å²) < 4.78 is 4.91. The van der Waals surface area contributed by atoms with Crippen LogP contribution in [0.25, 0.3) is 10.9 Å². The Morgan fingerprint density at radius 3 is 2.83 bits per heavy atom. The van der Waals surface area contributed by atoms with Crippen LogP contribution in [0, 0.1) is 6.92 Å². The summed E-state index contributed by atoms with van der Waals surface area (Å²) in [5, 5.41) is 0.999. The van der Waals surface area contributed by atoms with Crippen molar-refractivity contribution < 1.29 is 14.3 Å². The van der Waals surface area contributed by atoms with Crippen molar-refractivity contribution in [1.82, 2.24) is 4.98 Å². The fourth-order valence-electron chi connectivity index (χ4n) is 1.91. The number of aromatic nitrogens is 1. The molecule has 5 heteroatoms. The molecule has 0 atom stereocenters. The molecule has 1 aromatic carbocycles. The topological polar surface area (TPSA) is 59.2 Å². The molecule has 0 spiro atoms. The highest BCUT2D eigenvalue weighted by molar-refractivity contribution is 6.37. The molecular weight excluding hydrogens is 254 g/mol. The highest BCUT2D eigenvalue weighted by atomic mass is 35.5. The number of H-pyrrole nitrogens is 1. The van der Waals surface area contributed by atoms with Gasteiger partial charge in [0.2, 0.25) is 0 Å². The fourth-order valence-corrected chi connectivity index (χ4v) is 2.16. The van der Waals surface area contributed by atoms with Gasteiger partial charge in [-0.15, -0.1) is 0 Å². The number of nitrogens with one attached hydrogen (secondary N) is 1. The number of benzene rings is 1. The van der Waals surface area contributed by atoms with Crippen molar-refractivity contribution in [3.63, 3.8) is 0 Å². The van der Waals surface area contributed by atoms with Gasteiger partial charge in [-0.25, -0.2) is 4.79 Å². The second-order valence-corrected chi connectivity index (χ2v) is 4.27. The first kappa shape index (κ1) is 12.6. The molecule has 0 fully saturated rings. The first-order valence-corrected chi connectivity index (χ1v) is 5.91. The van der Waals surface area contributed by atoms with Crippen molar-refractivity contribution in [2.24, 2.45) is 0 Å². The number of carbonyl (C=O) groups is 2. The van der Waals surface area contributed by atoms with E-state index in [1.54, 1.807) is 13.0 Å². The maximum absolute atomic E-state index is 11.8. The summed E-state index contributed by atoms with van der Waals surface area (Å²) in [6.45, 7) is 3.83. The summed E-state index contributed by atoms with van der Waals surface area (Å²) in [5.74, 6) is -0.550. The normalized spacial score (nSPS) is 10.6. The molecule has 94 valence electrons. The van der Waals surface area contributed by atoms with Gasteiger partial charge >= 0.3 is 5.97 Å². The molecule has 18 heavy (non-hydrogen) atoms. The summed E-state index contributed by atoms with van der Waals surface area (Å²) in [6, 6.07) is 3.53. The quantitative estimate of drug-likeness (QED) is 0.685. The minimum Gasteiger partial charge on any atom is -0.461 e. The van der Waals surface area contributed by atoms with Crippen LogP contribution in [0.4, 0.5) is 0 Å². The minimum atomic E-state index is -0.550. The van der Waals surface area contributed by atoms with E-state index in [1.807, 2.05) is 13.0 Å². The van der Waals surface area contributed by atoms with Crippen LogP contribution in [0.15, 0.2) is 12.1 Å². The van der Waals surface area contributed by atoms with Crippen LogP contribution in [0.2, 0.25) is 5.02 Å². The Morgan fingerprint density at radius 1 is 1.50 bits per heavy atom. The first-order chi connectivity index (χ1) is 8.60. The highest BCUT2D eigenvalue weighted by Gasteiger charge is 2.20. The summed E-state index contributed by atoms with van der Waals surface area (Å²) in [6.07, 6.45) is 0.621. The van der Waals surface area contributed by atoms with Crippen molar-refractivity contribution in [3.8, 4) is 0 Å². The Balaban J connectivity index is 2.76. The molecule has 0 saturated heterocycles. The van der Waals surface area contributed by atoms with E-state index in [2.05, 4.69) is 4.98 Å². The van der Waals surface area contributed by atoms with Crippen LogP contribution in [-0.4, -0.2) is 23.8 Å². The zero-order valence-electron chi connectivity index (χ0n) is 10.0. The smallest absolute Gasteiger partial charge is 0.355 e. The average Bonchev–Trinajstić information content (AvgIpc) is 2.74. The van der Waals surface area contributed by atoms with Gasteiger partial charge < -0.3 is 9.72 Å². The van der Waals surface area contributed by atoms with Gasteiger partial charge in [0.25, 0.3) is 0 Å². The standard InChI is InChI=1S/C13H12ClNO3/c1-3-18-13(17)12-8(6-16)10-9(14)5-4-7(2)11(10)15-12/h4-6,15H,3H2,1-2H3. The van der Waals surface area contributed by atoms with Gasteiger partial charge in [0.1, 0.15) is 5.69 Å². The van der Waals surface area contributed by atoms with Gasteiger partial charge in [-0.3, -0.25) is 4.79 Å². The molecule has 0 radical (unpaired) electrons. The molecule has 0 saturated carbocycles.